The summed E-state index contributed by atoms with van der Waals surface area (Å²) in [6, 6.07) is 4.71. The Balaban J connectivity index is 2.29. The zero-order valence-corrected chi connectivity index (χ0v) is 13.4. The van der Waals surface area contributed by atoms with E-state index in [2.05, 4.69) is 12.0 Å². The number of aryl methyl sites for hydroxylation is 1. The monoisotopic (exact) mass is 309 g/mol. The Labute approximate surface area is 129 Å². The topological polar surface area (TPSA) is 43.8 Å². The van der Waals surface area contributed by atoms with Gasteiger partial charge in [0.25, 0.3) is 0 Å². The van der Waals surface area contributed by atoms with Crippen LogP contribution < -0.4 is 5.73 Å². The quantitative estimate of drug-likeness (QED) is 0.916. The zero-order valence-electron chi connectivity index (χ0n) is 12.7. The van der Waals surface area contributed by atoms with Crippen molar-refractivity contribution < 1.29 is 4.39 Å². The van der Waals surface area contributed by atoms with E-state index in [1.165, 1.54) is 6.07 Å². The largest absolute Gasteiger partial charge is 0.327 e. The lowest BCUT2D eigenvalue weighted by molar-refractivity contribution is 0.578. The maximum absolute atomic E-state index is 13.8. The fourth-order valence-corrected chi connectivity index (χ4v) is 2.61. The van der Waals surface area contributed by atoms with E-state index in [0.29, 0.717) is 17.1 Å². The Morgan fingerprint density at radius 3 is 2.76 bits per heavy atom. The van der Waals surface area contributed by atoms with Gasteiger partial charge in [-0.3, -0.25) is 4.68 Å². The number of hydrogen-bond donors (Lipinski definition) is 1. The third kappa shape index (κ3) is 3.63. The first-order valence-corrected chi connectivity index (χ1v) is 7.52. The number of aromatic nitrogens is 2. The standard InChI is InChI=1S/C16H21ClFN3/c1-4-14(19)8-15-10(2)20-21(11(15)3)9-12-7-13(17)5-6-16(12)18/h5-7,14H,4,8-9,19H2,1-3H3. The Hall–Kier alpha value is -1.39. The van der Waals surface area contributed by atoms with Gasteiger partial charge in [0.2, 0.25) is 0 Å². The van der Waals surface area contributed by atoms with Crippen molar-refractivity contribution in [3.8, 4) is 0 Å². The van der Waals surface area contributed by atoms with Gasteiger partial charge in [-0.25, -0.2) is 4.39 Å². The minimum atomic E-state index is -0.265. The fraction of sp³-hybridized carbons (Fsp3) is 0.438. The molecule has 2 N–H and O–H groups in total. The maximum Gasteiger partial charge on any atom is 0.128 e. The van der Waals surface area contributed by atoms with Gasteiger partial charge in [0.05, 0.1) is 12.2 Å². The Morgan fingerprint density at radius 1 is 1.38 bits per heavy atom. The van der Waals surface area contributed by atoms with E-state index >= 15 is 0 Å². The molecule has 0 bridgehead atoms. The van der Waals surface area contributed by atoms with Crippen molar-refractivity contribution in [2.45, 2.75) is 46.2 Å². The van der Waals surface area contributed by atoms with Crippen LogP contribution in [0, 0.1) is 19.7 Å². The molecule has 0 spiro atoms. The van der Waals surface area contributed by atoms with Gasteiger partial charge in [0, 0.05) is 22.3 Å². The average Bonchev–Trinajstić information content (AvgIpc) is 2.70. The highest BCUT2D eigenvalue weighted by molar-refractivity contribution is 6.30. The highest BCUT2D eigenvalue weighted by atomic mass is 35.5. The second-order valence-electron chi connectivity index (χ2n) is 5.42. The molecule has 0 saturated heterocycles. The minimum Gasteiger partial charge on any atom is -0.327 e. The molecule has 3 nitrogen and oxygen atoms in total. The Morgan fingerprint density at radius 2 is 2.10 bits per heavy atom. The van der Waals surface area contributed by atoms with Crippen LogP contribution in [0.25, 0.3) is 0 Å². The van der Waals surface area contributed by atoms with Crippen molar-refractivity contribution in [3.05, 3.63) is 51.6 Å². The third-order valence-corrected chi connectivity index (χ3v) is 4.09. The molecular formula is C16H21ClFN3. The van der Waals surface area contributed by atoms with Crippen molar-refractivity contribution in [3.63, 3.8) is 0 Å². The summed E-state index contributed by atoms with van der Waals surface area (Å²) < 4.78 is 15.7. The van der Waals surface area contributed by atoms with E-state index in [-0.39, 0.29) is 11.9 Å². The summed E-state index contributed by atoms with van der Waals surface area (Å²) in [6.45, 7) is 6.41. The molecular weight excluding hydrogens is 289 g/mol. The second kappa shape index (κ2) is 6.58. The van der Waals surface area contributed by atoms with Crippen molar-refractivity contribution in [2.75, 3.05) is 0 Å². The Bertz CT molecular complexity index is 637. The van der Waals surface area contributed by atoms with Crippen LogP contribution in [-0.2, 0) is 13.0 Å². The van der Waals surface area contributed by atoms with E-state index in [0.717, 1.165) is 29.8 Å². The highest BCUT2D eigenvalue weighted by Crippen LogP contribution is 2.20. The first kappa shape index (κ1) is 16.0. The SMILES string of the molecule is CCC(N)Cc1c(C)nn(Cc2cc(Cl)ccc2F)c1C. The van der Waals surface area contributed by atoms with E-state index in [9.17, 15) is 4.39 Å². The smallest absolute Gasteiger partial charge is 0.128 e. The number of nitrogens with zero attached hydrogens (tertiary/aromatic N) is 2. The number of nitrogens with two attached hydrogens (primary N) is 1. The molecule has 0 aliphatic rings. The Kier molecular flexibility index (Phi) is 5.01. The molecule has 1 aromatic carbocycles. The molecule has 0 fully saturated rings. The molecule has 1 aromatic heterocycles. The van der Waals surface area contributed by atoms with Crippen LogP contribution >= 0.6 is 11.6 Å². The van der Waals surface area contributed by atoms with Crippen LogP contribution in [0.4, 0.5) is 4.39 Å². The molecule has 0 radical (unpaired) electrons. The molecule has 0 amide bonds. The normalized spacial score (nSPS) is 12.7. The molecule has 2 rings (SSSR count). The minimum absolute atomic E-state index is 0.128. The van der Waals surface area contributed by atoms with Crippen LogP contribution in [0.1, 0.15) is 35.9 Å². The molecule has 0 aliphatic carbocycles. The molecule has 21 heavy (non-hydrogen) atoms. The molecule has 114 valence electrons. The zero-order chi connectivity index (χ0) is 15.6. The molecule has 1 unspecified atom stereocenters. The van der Waals surface area contributed by atoms with E-state index < -0.39 is 0 Å². The molecule has 2 aromatic rings. The summed E-state index contributed by atoms with van der Waals surface area (Å²) in [5.41, 5.74) is 9.73. The number of rotatable bonds is 5. The van der Waals surface area contributed by atoms with E-state index in [4.69, 9.17) is 17.3 Å². The third-order valence-electron chi connectivity index (χ3n) is 3.85. The molecule has 5 heteroatoms. The van der Waals surface area contributed by atoms with E-state index in [1.807, 2.05) is 18.5 Å². The van der Waals surface area contributed by atoms with Crippen molar-refractivity contribution >= 4 is 11.6 Å². The lowest BCUT2D eigenvalue weighted by Gasteiger charge is -2.10. The highest BCUT2D eigenvalue weighted by Gasteiger charge is 2.15. The number of benzene rings is 1. The van der Waals surface area contributed by atoms with E-state index in [1.54, 1.807) is 12.1 Å². The molecule has 1 heterocycles. The van der Waals surface area contributed by atoms with Crippen molar-refractivity contribution in [1.82, 2.24) is 9.78 Å². The first-order valence-electron chi connectivity index (χ1n) is 7.14. The van der Waals surface area contributed by atoms with Crippen molar-refractivity contribution in [1.29, 1.82) is 0 Å². The summed E-state index contributed by atoms with van der Waals surface area (Å²) in [5.74, 6) is -0.265. The predicted molar refractivity (Wildman–Crippen MR) is 84.2 cm³/mol. The summed E-state index contributed by atoms with van der Waals surface area (Å²) in [4.78, 5) is 0. The van der Waals surface area contributed by atoms with Gasteiger partial charge in [-0.2, -0.15) is 5.10 Å². The average molecular weight is 310 g/mol. The predicted octanol–water partition coefficient (Wildman–Crippen LogP) is 3.62. The molecule has 0 aliphatic heterocycles. The van der Waals surface area contributed by atoms with Crippen LogP contribution in [0.2, 0.25) is 5.02 Å². The van der Waals surface area contributed by atoms with Gasteiger partial charge in [0.1, 0.15) is 5.82 Å². The fourth-order valence-electron chi connectivity index (χ4n) is 2.42. The van der Waals surface area contributed by atoms with Gasteiger partial charge >= 0.3 is 0 Å². The van der Waals surface area contributed by atoms with Crippen LogP contribution in [0.5, 0.6) is 0 Å². The van der Waals surface area contributed by atoms with Crippen LogP contribution in [0.3, 0.4) is 0 Å². The summed E-state index contributed by atoms with van der Waals surface area (Å²) in [5, 5.41) is 5.04. The van der Waals surface area contributed by atoms with Crippen molar-refractivity contribution in [2.24, 2.45) is 5.73 Å². The van der Waals surface area contributed by atoms with Gasteiger partial charge < -0.3 is 5.73 Å². The van der Waals surface area contributed by atoms with Gasteiger partial charge in [-0.15, -0.1) is 0 Å². The molecule has 1 atom stereocenters. The maximum atomic E-state index is 13.8. The first-order chi connectivity index (χ1) is 9.92. The number of hydrogen-bond acceptors (Lipinski definition) is 2. The lowest BCUT2D eigenvalue weighted by Crippen LogP contribution is -2.22. The number of halogens is 2. The van der Waals surface area contributed by atoms with Gasteiger partial charge in [-0.1, -0.05) is 18.5 Å². The summed E-state index contributed by atoms with van der Waals surface area (Å²) in [7, 11) is 0. The van der Waals surface area contributed by atoms with Crippen LogP contribution in [-0.4, -0.2) is 15.8 Å². The molecule has 0 saturated carbocycles. The summed E-state index contributed by atoms with van der Waals surface area (Å²) in [6.07, 6.45) is 1.72. The van der Waals surface area contributed by atoms with Gasteiger partial charge in [-0.05, 0) is 50.5 Å². The van der Waals surface area contributed by atoms with Crippen LogP contribution in [0.15, 0.2) is 18.2 Å². The second-order valence-corrected chi connectivity index (χ2v) is 5.85. The summed E-state index contributed by atoms with van der Waals surface area (Å²) >= 11 is 5.93. The van der Waals surface area contributed by atoms with Gasteiger partial charge in [0.15, 0.2) is 0 Å². The lowest BCUT2D eigenvalue weighted by atomic mass is 10.0.